The number of benzene rings is 2. The molecule has 3 aromatic rings. The van der Waals surface area contributed by atoms with Gasteiger partial charge in [0, 0.05) is 5.56 Å². The Balaban J connectivity index is 1.70. The van der Waals surface area contributed by atoms with Crippen molar-refractivity contribution in [1.29, 1.82) is 0 Å². The van der Waals surface area contributed by atoms with Crippen LogP contribution < -0.4 is 5.32 Å². The number of esters is 1. The fourth-order valence-electron chi connectivity index (χ4n) is 3.00. The number of rotatable bonds is 6. The van der Waals surface area contributed by atoms with Crippen LogP contribution in [0, 0.1) is 19.8 Å². The number of hydrogen-bond donors (Lipinski definition) is 1. The predicted octanol–water partition coefficient (Wildman–Crippen LogP) is 3.74. The van der Waals surface area contributed by atoms with E-state index in [0.29, 0.717) is 17.0 Å². The van der Waals surface area contributed by atoms with Crippen LogP contribution in [-0.2, 0) is 16.1 Å². The first kappa shape index (κ1) is 20.5. The molecule has 3 rings (SSSR count). The molecule has 0 spiro atoms. The first-order chi connectivity index (χ1) is 13.8. The normalized spacial score (nSPS) is 12.0. The molecule has 1 atom stereocenters. The van der Waals surface area contributed by atoms with Gasteiger partial charge in [0.1, 0.15) is 12.6 Å². The van der Waals surface area contributed by atoms with Crippen LogP contribution in [0.25, 0.3) is 11.0 Å². The maximum atomic E-state index is 12.7. The Hall–Kier alpha value is -3.28. The Morgan fingerprint density at radius 1 is 1.00 bits per heavy atom. The topological polar surface area (TPSA) is 81.2 Å². The van der Waals surface area contributed by atoms with E-state index in [1.54, 1.807) is 12.1 Å². The second kappa shape index (κ2) is 8.82. The first-order valence-corrected chi connectivity index (χ1v) is 9.61. The third-order valence-corrected chi connectivity index (χ3v) is 4.68. The van der Waals surface area contributed by atoms with Gasteiger partial charge >= 0.3 is 5.97 Å². The first-order valence-electron chi connectivity index (χ1n) is 9.61. The number of ether oxygens (including phenoxy) is 1. The Kier molecular flexibility index (Phi) is 6.22. The summed E-state index contributed by atoms with van der Waals surface area (Å²) in [4.78, 5) is 34.3. The van der Waals surface area contributed by atoms with Crippen molar-refractivity contribution in [3.05, 3.63) is 71.0 Å². The van der Waals surface area contributed by atoms with Crippen LogP contribution in [-0.4, -0.2) is 27.9 Å². The summed E-state index contributed by atoms with van der Waals surface area (Å²) < 4.78 is 5.49. The van der Waals surface area contributed by atoms with E-state index in [2.05, 4.69) is 15.3 Å². The lowest BCUT2D eigenvalue weighted by molar-refractivity contribution is -0.148. The van der Waals surface area contributed by atoms with Gasteiger partial charge in [0.15, 0.2) is 0 Å². The van der Waals surface area contributed by atoms with Crippen LogP contribution in [0.3, 0.4) is 0 Å². The molecule has 29 heavy (non-hydrogen) atoms. The number of nitrogens with one attached hydrogen (secondary N) is 1. The molecule has 1 N–H and O–H groups in total. The van der Waals surface area contributed by atoms with E-state index in [1.165, 1.54) is 0 Å². The van der Waals surface area contributed by atoms with Gasteiger partial charge in [-0.15, -0.1) is 0 Å². The molecule has 6 nitrogen and oxygen atoms in total. The lowest BCUT2D eigenvalue weighted by Gasteiger charge is -2.21. The van der Waals surface area contributed by atoms with Crippen molar-refractivity contribution < 1.29 is 14.3 Å². The summed E-state index contributed by atoms with van der Waals surface area (Å²) in [5, 5.41) is 2.79. The number of carbonyl (C=O) groups is 2. The molecule has 0 radical (unpaired) electrons. The van der Waals surface area contributed by atoms with Gasteiger partial charge in [-0.25, -0.2) is 14.8 Å². The smallest absolute Gasteiger partial charge is 0.329 e. The molecule has 0 bridgehead atoms. The van der Waals surface area contributed by atoms with Gasteiger partial charge in [-0.1, -0.05) is 43.7 Å². The molecule has 2 aromatic carbocycles. The minimum Gasteiger partial charge on any atom is -0.458 e. The summed E-state index contributed by atoms with van der Waals surface area (Å²) in [6, 6.07) is 14.0. The second-order valence-corrected chi connectivity index (χ2v) is 7.42. The minimum atomic E-state index is -0.753. The number of nitrogens with zero attached hydrogens (tertiary/aromatic N) is 2. The molecule has 0 aliphatic carbocycles. The standard InChI is InChI=1S/C23H25N3O3/c1-14(2)21(26-22(27)17-9-7-8-15(3)12-17)23(28)29-13-20-16(4)24-18-10-5-6-11-19(18)25-20/h5-12,14,21H,13H2,1-4H3,(H,26,27)/t21-/m1/s1. The van der Waals surface area contributed by atoms with Crippen molar-refractivity contribution in [2.24, 2.45) is 5.92 Å². The zero-order valence-electron chi connectivity index (χ0n) is 17.1. The number of fused-ring (bicyclic) bond motifs is 1. The largest absolute Gasteiger partial charge is 0.458 e. The SMILES string of the molecule is Cc1cccc(C(=O)N[C@@H](C(=O)OCc2nc3ccccc3nc2C)C(C)C)c1. The average molecular weight is 391 g/mol. The monoisotopic (exact) mass is 391 g/mol. The van der Waals surface area contributed by atoms with Gasteiger partial charge in [0.25, 0.3) is 5.91 Å². The summed E-state index contributed by atoms with van der Waals surface area (Å²) >= 11 is 0. The molecular formula is C23H25N3O3. The van der Waals surface area contributed by atoms with E-state index < -0.39 is 12.0 Å². The van der Waals surface area contributed by atoms with Crippen LogP contribution in [0.2, 0.25) is 0 Å². The van der Waals surface area contributed by atoms with Gasteiger partial charge in [-0.05, 0) is 44.0 Å². The highest BCUT2D eigenvalue weighted by molar-refractivity contribution is 5.97. The second-order valence-electron chi connectivity index (χ2n) is 7.42. The molecule has 0 aliphatic rings. The molecular weight excluding hydrogens is 366 g/mol. The van der Waals surface area contributed by atoms with Crippen LogP contribution in [0.1, 0.15) is 41.2 Å². The highest BCUT2D eigenvalue weighted by Gasteiger charge is 2.26. The molecule has 0 saturated carbocycles. The lowest BCUT2D eigenvalue weighted by Crippen LogP contribution is -2.45. The Labute approximate surface area is 170 Å². The predicted molar refractivity (Wildman–Crippen MR) is 111 cm³/mol. The minimum absolute atomic E-state index is 0.00599. The summed E-state index contributed by atoms with van der Waals surface area (Å²) in [6.07, 6.45) is 0. The van der Waals surface area contributed by atoms with Gasteiger partial charge in [-0.3, -0.25) is 4.79 Å². The van der Waals surface area contributed by atoms with E-state index in [9.17, 15) is 9.59 Å². The number of amides is 1. The molecule has 0 unspecified atom stereocenters. The van der Waals surface area contributed by atoms with E-state index in [-0.39, 0.29) is 18.4 Å². The average Bonchev–Trinajstić information content (AvgIpc) is 2.69. The third-order valence-electron chi connectivity index (χ3n) is 4.68. The van der Waals surface area contributed by atoms with Gasteiger partial charge in [-0.2, -0.15) is 0 Å². The molecule has 0 aliphatic heterocycles. The van der Waals surface area contributed by atoms with Crippen molar-refractivity contribution in [2.75, 3.05) is 0 Å². The fourth-order valence-corrected chi connectivity index (χ4v) is 3.00. The summed E-state index contributed by atoms with van der Waals surface area (Å²) in [6.45, 7) is 7.49. The zero-order valence-corrected chi connectivity index (χ0v) is 17.1. The van der Waals surface area contributed by atoms with Crippen LogP contribution >= 0.6 is 0 Å². The number of hydrogen-bond acceptors (Lipinski definition) is 5. The molecule has 0 fully saturated rings. The van der Waals surface area contributed by atoms with Crippen molar-refractivity contribution in [2.45, 2.75) is 40.3 Å². The number of carbonyl (C=O) groups excluding carboxylic acids is 2. The van der Waals surface area contributed by atoms with Crippen LogP contribution in [0.15, 0.2) is 48.5 Å². The molecule has 1 heterocycles. The van der Waals surface area contributed by atoms with Crippen molar-refractivity contribution in [3.63, 3.8) is 0 Å². The molecule has 1 amide bonds. The van der Waals surface area contributed by atoms with E-state index in [0.717, 1.165) is 16.6 Å². The zero-order chi connectivity index (χ0) is 21.0. The van der Waals surface area contributed by atoms with Crippen molar-refractivity contribution in [1.82, 2.24) is 15.3 Å². The van der Waals surface area contributed by atoms with Crippen molar-refractivity contribution >= 4 is 22.9 Å². The van der Waals surface area contributed by atoms with E-state index in [1.807, 2.05) is 64.1 Å². The Morgan fingerprint density at radius 2 is 1.69 bits per heavy atom. The van der Waals surface area contributed by atoms with Crippen LogP contribution in [0.4, 0.5) is 0 Å². The molecule has 150 valence electrons. The summed E-state index contributed by atoms with van der Waals surface area (Å²) in [5.41, 5.74) is 4.35. The van der Waals surface area contributed by atoms with E-state index in [4.69, 9.17) is 4.74 Å². The highest BCUT2D eigenvalue weighted by atomic mass is 16.5. The van der Waals surface area contributed by atoms with Gasteiger partial charge < -0.3 is 10.1 Å². The number of para-hydroxylation sites is 2. The van der Waals surface area contributed by atoms with Gasteiger partial charge in [0.2, 0.25) is 0 Å². The summed E-state index contributed by atoms with van der Waals surface area (Å²) in [5.74, 6) is -0.915. The maximum Gasteiger partial charge on any atom is 0.329 e. The molecule has 1 aromatic heterocycles. The third kappa shape index (κ3) is 4.96. The van der Waals surface area contributed by atoms with Crippen LogP contribution in [0.5, 0.6) is 0 Å². The maximum absolute atomic E-state index is 12.7. The number of aryl methyl sites for hydroxylation is 2. The molecule has 6 heteroatoms. The quantitative estimate of drug-likeness (QED) is 0.647. The number of aromatic nitrogens is 2. The highest BCUT2D eigenvalue weighted by Crippen LogP contribution is 2.14. The molecule has 0 saturated heterocycles. The Bertz CT molecular complexity index is 1050. The lowest BCUT2D eigenvalue weighted by atomic mass is 10.0. The Morgan fingerprint density at radius 3 is 2.34 bits per heavy atom. The van der Waals surface area contributed by atoms with Crippen molar-refractivity contribution in [3.8, 4) is 0 Å². The fraction of sp³-hybridized carbons (Fsp3) is 0.304. The summed E-state index contributed by atoms with van der Waals surface area (Å²) in [7, 11) is 0. The van der Waals surface area contributed by atoms with Gasteiger partial charge in [0.05, 0.1) is 22.4 Å². The van der Waals surface area contributed by atoms with E-state index >= 15 is 0 Å².